The fourth-order valence-electron chi connectivity index (χ4n) is 2.60. The zero-order valence-electron chi connectivity index (χ0n) is 11.4. The number of rotatable bonds is 1. The molecule has 0 amide bonds. The van der Waals surface area contributed by atoms with Gasteiger partial charge in [-0.3, -0.25) is 9.59 Å². The first-order valence-electron chi connectivity index (χ1n) is 6.31. The molecule has 0 spiro atoms. The molecule has 0 N–H and O–H groups in total. The minimum atomic E-state index is -0.114. The van der Waals surface area contributed by atoms with Crippen molar-refractivity contribution < 1.29 is 9.59 Å². The predicted octanol–water partition coefficient (Wildman–Crippen LogP) is 4.05. The van der Waals surface area contributed by atoms with Crippen LogP contribution in [0, 0.1) is 0 Å². The monoisotopic (exact) mass is 407 g/mol. The first kappa shape index (κ1) is 14.5. The maximum absolute atomic E-state index is 12.8. The number of hydrogen-bond acceptors (Lipinski definition) is 3. The zero-order valence-corrected chi connectivity index (χ0v) is 14.6. The number of hydrogen-bond donors (Lipinski definition) is 0. The van der Waals surface area contributed by atoms with E-state index in [4.69, 9.17) is 0 Å². The van der Waals surface area contributed by atoms with Crippen LogP contribution in [0.25, 0.3) is 0 Å². The van der Waals surface area contributed by atoms with Gasteiger partial charge in [-0.25, -0.2) is 0 Å². The molecule has 5 heteroatoms. The molecule has 0 unspecified atom stereocenters. The van der Waals surface area contributed by atoms with Gasteiger partial charge in [0.25, 0.3) is 0 Å². The molecule has 0 heterocycles. The average Bonchev–Trinajstić information content (AvgIpc) is 2.46. The van der Waals surface area contributed by atoms with E-state index in [2.05, 4.69) is 31.9 Å². The molecule has 0 saturated heterocycles. The minimum Gasteiger partial charge on any atom is -0.376 e. The molecule has 106 valence electrons. The summed E-state index contributed by atoms with van der Waals surface area (Å²) in [5, 5.41) is 0. The Morgan fingerprint density at radius 2 is 1.48 bits per heavy atom. The van der Waals surface area contributed by atoms with Gasteiger partial charge >= 0.3 is 0 Å². The normalized spacial score (nSPS) is 13.0. The second-order valence-electron chi connectivity index (χ2n) is 5.04. The Hall–Kier alpha value is -1.46. The van der Waals surface area contributed by atoms with Gasteiger partial charge in [-0.1, -0.05) is 24.3 Å². The van der Waals surface area contributed by atoms with Gasteiger partial charge in [0.2, 0.25) is 0 Å². The first-order valence-corrected chi connectivity index (χ1v) is 7.89. The number of carbonyl (C=O) groups excluding carboxylic acids is 2. The highest BCUT2D eigenvalue weighted by Gasteiger charge is 2.33. The molecule has 0 fully saturated rings. The van der Waals surface area contributed by atoms with Crippen LogP contribution in [-0.4, -0.2) is 25.7 Å². The summed E-state index contributed by atoms with van der Waals surface area (Å²) < 4.78 is 1.53. The van der Waals surface area contributed by atoms with Crippen LogP contribution in [0.15, 0.2) is 39.3 Å². The number of halogens is 2. The molecule has 0 bridgehead atoms. The predicted molar refractivity (Wildman–Crippen MR) is 89.5 cm³/mol. The van der Waals surface area contributed by atoms with E-state index >= 15 is 0 Å². The molecule has 3 rings (SSSR count). The standard InChI is InChI=1S/C16H11Br2NO2/c1-19(2)14-12-10(7-11(17)13(14)18)15(20)8-5-3-4-6-9(8)16(12)21/h3-7H,1-2H3. The van der Waals surface area contributed by atoms with Crippen LogP contribution in [0.1, 0.15) is 31.8 Å². The third-order valence-corrected chi connectivity index (χ3v) is 5.49. The van der Waals surface area contributed by atoms with E-state index in [1.54, 1.807) is 30.3 Å². The molecule has 0 aliphatic heterocycles. The van der Waals surface area contributed by atoms with Crippen molar-refractivity contribution in [3.63, 3.8) is 0 Å². The van der Waals surface area contributed by atoms with Gasteiger partial charge in [0.15, 0.2) is 11.6 Å². The summed E-state index contributed by atoms with van der Waals surface area (Å²) in [7, 11) is 3.70. The summed E-state index contributed by atoms with van der Waals surface area (Å²) in [5.74, 6) is -0.228. The molecule has 21 heavy (non-hydrogen) atoms. The van der Waals surface area contributed by atoms with Crippen molar-refractivity contribution in [3.8, 4) is 0 Å². The smallest absolute Gasteiger partial charge is 0.196 e. The molecule has 0 radical (unpaired) electrons. The lowest BCUT2D eigenvalue weighted by atomic mass is 9.83. The Labute approximate surface area is 139 Å². The van der Waals surface area contributed by atoms with Gasteiger partial charge in [0, 0.05) is 35.3 Å². The fraction of sp³-hybridized carbons (Fsp3) is 0.125. The third-order valence-electron chi connectivity index (χ3n) is 3.53. The molecule has 0 aromatic heterocycles. The summed E-state index contributed by atoms with van der Waals surface area (Å²) in [4.78, 5) is 27.4. The Balaban J connectivity index is 2.41. The van der Waals surface area contributed by atoms with E-state index in [0.717, 1.165) is 8.95 Å². The van der Waals surface area contributed by atoms with Crippen molar-refractivity contribution in [2.75, 3.05) is 19.0 Å². The molecule has 0 saturated carbocycles. The third kappa shape index (κ3) is 2.07. The van der Waals surface area contributed by atoms with Gasteiger partial charge in [-0.05, 0) is 37.9 Å². The minimum absolute atomic E-state index is 0.114. The highest BCUT2D eigenvalue weighted by Crippen LogP contribution is 2.41. The molecule has 2 aromatic carbocycles. The molecule has 1 aliphatic rings. The number of anilines is 1. The van der Waals surface area contributed by atoms with Gasteiger partial charge in [0.05, 0.1) is 15.7 Å². The zero-order chi connectivity index (χ0) is 15.3. The van der Waals surface area contributed by atoms with E-state index in [9.17, 15) is 9.59 Å². The molecular weight excluding hydrogens is 398 g/mol. The van der Waals surface area contributed by atoms with Crippen LogP contribution in [0.2, 0.25) is 0 Å². The second-order valence-corrected chi connectivity index (χ2v) is 6.69. The second kappa shape index (κ2) is 5.07. The van der Waals surface area contributed by atoms with Crippen molar-refractivity contribution in [1.29, 1.82) is 0 Å². The van der Waals surface area contributed by atoms with E-state index in [0.29, 0.717) is 27.9 Å². The largest absolute Gasteiger partial charge is 0.376 e. The van der Waals surface area contributed by atoms with Crippen LogP contribution < -0.4 is 4.90 Å². The van der Waals surface area contributed by atoms with Crippen molar-refractivity contribution in [1.82, 2.24) is 0 Å². The lowest BCUT2D eigenvalue weighted by Crippen LogP contribution is -2.25. The molecule has 3 nitrogen and oxygen atoms in total. The summed E-state index contributed by atoms with van der Waals surface area (Å²) in [6, 6.07) is 8.66. The van der Waals surface area contributed by atoms with Crippen LogP contribution in [0.4, 0.5) is 5.69 Å². The molecule has 0 atom stereocenters. The van der Waals surface area contributed by atoms with E-state index in [-0.39, 0.29) is 11.6 Å². The van der Waals surface area contributed by atoms with Gasteiger partial charge in [-0.2, -0.15) is 0 Å². The Kier molecular flexibility index (Phi) is 3.50. The Morgan fingerprint density at radius 3 is 2.05 bits per heavy atom. The van der Waals surface area contributed by atoms with Crippen LogP contribution in [0.3, 0.4) is 0 Å². The Morgan fingerprint density at radius 1 is 0.905 bits per heavy atom. The quantitative estimate of drug-likeness (QED) is 0.609. The summed E-state index contributed by atoms with van der Waals surface area (Å²) >= 11 is 6.94. The highest BCUT2D eigenvalue weighted by molar-refractivity contribution is 9.13. The fourth-order valence-corrected chi connectivity index (χ4v) is 3.68. The maximum atomic E-state index is 12.8. The number of benzene rings is 2. The lowest BCUT2D eigenvalue weighted by Gasteiger charge is -2.25. The maximum Gasteiger partial charge on any atom is 0.196 e. The highest BCUT2D eigenvalue weighted by atomic mass is 79.9. The summed E-state index contributed by atoms with van der Waals surface area (Å²) in [5.41, 5.74) is 2.55. The van der Waals surface area contributed by atoms with Crippen LogP contribution >= 0.6 is 31.9 Å². The summed E-state index contributed by atoms with van der Waals surface area (Å²) in [6.07, 6.45) is 0. The number of carbonyl (C=O) groups is 2. The molecule has 1 aliphatic carbocycles. The van der Waals surface area contributed by atoms with Crippen molar-refractivity contribution in [3.05, 3.63) is 61.5 Å². The SMILES string of the molecule is CN(C)c1c(Br)c(Br)cc2c1C(=O)c1ccccc1C2=O. The van der Waals surface area contributed by atoms with Crippen molar-refractivity contribution >= 4 is 49.1 Å². The van der Waals surface area contributed by atoms with Crippen LogP contribution in [-0.2, 0) is 0 Å². The number of nitrogens with zero attached hydrogens (tertiary/aromatic N) is 1. The first-order chi connectivity index (χ1) is 9.93. The Bertz CT molecular complexity index is 797. The van der Waals surface area contributed by atoms with Crippen molar-refractivity contribution in [2.24, 2.45) is 0 Å². The molecule has 2 aromatic rings. The van der Waals surface area contributed by atoms with Gasteiger partial charge in [-0.15, -0.1) is 0 Å². The van der Waals surface area contributed by atoms with E-state index in [1.807, 2.05) is 19.0 Å². The average molecular weight is 409 g/mol. The van der Waals surface area contributed by atoms with Crippen LogP contribution in [0.5, 0.6) is 0 Å². The van der Waals surface area contributed by atoms with Gasteiger partial charge in [0.1, 0.15) is 0 Å². The lowest BCUT2D eigenvalue weighted by molar-refractivity contribution is 0.0979. The van der Waals surface area contributed by atoms with E-state index < -0.39 is 0 Å². The number of ketones is 2. The topological polar surface area (TPSA) is 37.4 Å². The van der Waals surface area contributed by atoms with E-state index in [1.165, 1.54) is 0 Å². The van der Waals surface area contributed by atoms with Crippen molar-refractivity contribution in [2.45, 2.75) is 0 Å². The summed E-state index contributed by atoms with van der Waals surface area (Å²) in [6.45, 7) is 0. The molecular formula is C16H11Br2NO2. The van der Waals surface area contributed by atoms with Gasteiger partial charge < -0.3 is 4.90 Å². The number of fused-ring (bicyclic) bond motifs is 2.